The summed E-state index contributed by atoms with van der Waals surface area (Å²) >= 11 is 0. The summed E-state index contributed by atoms with van der Waals surface area (Å²) in [7, 11) is 3.56. The molecule has 34 heavy (non-hydrogen) atoms. The normalized spacial score (nSPS) is 20.2. The number of anilines is 1. The summed E-state index contributed by atoms with van der Waals surface area (Å²) in [4.78, 5) is 18.3. The van der Waals surface area contributed by atoms with Crippen LogP contribution in [-0.4, -0.2) is 59.4 Å². The van der Waals surface area contributed by atoms with E-state index in [4.69, 9.17) is 4.74 Å². The molecule has 0 spiro atoms. The number of nitrogens with one attached hydrogen (secondary N) is 1. The largest absolute Gasteiger partial charge is 0.497 e. The number of hydrogen-bond acceptors (Lipinski definition) is 5. The Kier molecular flexibility index (Phi) is 5.81. The zero-order chi connectivity index (χ0) is 24.0. The number of benzene rings is 2. The van der Waals surface area contributed by atoms with Gasteiger partial charge in [-0.25, -0.2) is 0 Å². The van der Waals surface area contributed by atoms with Gasteiger partial charge in [-0.2, -0.15) is 5.10 Å². The van der Waals surface area contributed by atoms with Crippen LogP contribution in [0, 0.1) is 6.92 Å². The highest BCUT2D eigenvalue weighted by molar-refractivity contribution is 5.97. The van der Waals surface area contributed by atoms with Crippen molar-refractivity contribution >= 4 is 11.6 Å². The van der Waals surface area contributed by atoms with Crippen LogP contribution in [0.3, 0.4) is 0 Å². The topological polar surface area (TPSA) is 62.6 Å². The summed E-state index contributed by atoms with van der Waals surface area (Å²) in [6.07, 6.45) is 3.80. The number of rotatable bonds is 7. The molecule has 7 heteroatoms. The number of nitrogens with zero attached hydrogens (tertiary/aromatic N) is 4. The number of likely N-dealkylation sites (tertiary alicyclic amines) is 1. The van der Waals surface area contributed by atoms with Crippen molar-refractivity contribution in [1.82, 2.24) is 20.0 Å². The van der Waals surface area contributed by atoms with E-state index in [0.29, 0.717) is 12.1 Å². The van der Waals surface area contributed by atoms with Crippen molar-refractivity contribution in [3.8, 4) is 16.9 Å². The zero-order valence-corrected chi connectivity index (χ0v) is 20.6. The van der Waals surface area contributed by atoms with Crippen LogP contribution in [0.5, 0.6) is 5.75 Å². The van der Waals surface area contributed by atoms with Crippen LogP contribution >= 0.6 is 0 Å². The molecule has 3 aromatic rings. The molecule has 1 amide bonds. The molecule has 2 aliphatic rings. The Hall–Kier alpha value is -3.32. The number of ether oxygens (including phenoxy) is 1. The number of methoxy groups -OCH3 is 1. The summed E-state index contributed by atoms with van der Waals surface area (Å²) in [5.41, 5.74) is 5.86. The Labute approximate surface area is 201 Å². The molecule has 1 aromatic heterocycles. The maximum Gasteiger partial charge on any atom is 0.252 e. The molecule has 5 rings (SSSR count). The summed E-state index contributed by atoms with van der Waals surface area (Å²) in [5, 5.41) is 7.48. The molecular weight excluding hydrogens is 426 g/mol. The van der Waals surface area contributed by atoms with Gasteiger partial charge in [0.2, 0.25) is 0 Å². The molecule has 0 bridgehead atoms. The van der Waals surface area contributed by atoms with Crippen LogP contribution in [0.2, 0.25) is 0 Å². The van der Waals surface area contributed by atoms with Crippen LogP contribution in [0.1, 0.15) is 41.4 Å². The fourth-order valence-electron chi connectivity index (χ4n) is 5.12. The Morgan fingerprint density at radius 1 is 1.18 bits per heavy atom. The number of amides is 1. The van der Waals surface area contributed by atoms with Gasteiger partial charge in [0.1, 0.15) is 5.75 Å². The first-order chi connectivity index (χ1) is 16.4. The van der Waals surface area contributed by atoms with E-state index in [2.05, 4.69) is 51.4 Å². The van der Waals surface area contributed by atoms with Gasteiger partial charge in [-0.05, 0) is 67.4 Å². The van der Waals surface area contributed by atoms with Crippen LogP contribution in [-0.2, 0) is 7.05 Å². The van der Waals surface area contributed by atoms with Gasteiger partial charge < -0.3 is 15.0 Å². The molecule has 7 nitrogen and oxygen atoms in total. The number of aryl methyl sites for hydroxylation is 2. The van der Waals surface area contributed by atoms with Crippen molar-refractivity contribution in [1.29, 1.82) is 0 Å². The predicted octanol–water partition coefficient (Wildman–Crippen LogP) is 3.79. The van der Waals surface area contributed by atoms with Gasteiger partial charge in [0.25, 0.3) is 5.91 Å². The first-order valence-electron chi connectivity index (χ1n) is 12.0. The predicted molar refractivity (Wildman–Crippen MR) is 134 cm³/mol. The molecule has 2 saturated heterocycles. The average molecular weight is 460 g/mol. The maximum atomic E-state index is 13.3. The number of carbonyl (C=O) groups is 1. The number of aromatic nitrogens is 2. The van der Waals surface area contributed by atoms with Crippen molar-refractivity contribution in [2.75, 3.05) is 31.6 Å². The Morgan fingerprint density at radius 3 is 2.65 bits per heavy atom. The maximum absolute atomic E-state index is 13.3. The molecule has 0 saturated carbocycles. The van der Waals surface area contributed by atoms with Gasteiger partial charge in [-0.1, -0.05) is 13.0 Å². The molecule has 1 unspecified atom stereocenters. The second-order valence-corrected chi connectivity index (χ2v) is 9.47. The zero-order valence-electron chi connectivity index (χ0n) is 20.6. The van der Waals surface area contributed by atoms with Crippen LogP contribution in [0.25, 0.3) is 11.1 Å². The summed E-state index contributed by atoms with van der Waals surface area (Å²) in [5.74, 6) is 0.697. The molecule has 0 aliphatic carbocycles. The molecule has 0 radical (unpaired) electrons. The third-order valence-electron chi connectivity index (χ3n) is 7.37. The van der Waals surface area contributed by atoms with Gasteiger partial charge in [0.05, 0.1) is 25.4 Å². The monoisotopic (exact) mass is 459 g/mol. The van der Waals surface area contributed by atoms with Crippen LogP contribution < -0.4 is 15.0 Å². The molecule has 2 fully saturated rings. The van der Waals surface area contributed by atoms with E-state index >= 15 is 0 Å². The van der Waals surface area contributed by atoms with E-state index in [9.17, 15) is 4.79 Å². The van der Waals surface area contributed by atoms with E-state index in [-0.39, 0.29) is 11.9 Å². The van der Waals surface area contributed by atoms with E-state index in [1.165, 1.54) is 0 Å². The second kappa shape index (κ2) is 8.80. The number of carbonyl (C=O) groups excluding carboxylic acids is 1. The lowest BCUT2D eigenvalue weighted by Gasteiger charge is -2.63. The van der Waals surface area contributed by atoms with Crippen molar-refractivity contribution in [2.45, 2.75) is 38.9 Å². The smallest absolute Gasteiger partial charge is 0.252 e. The number of fused-ring (bicyclic) bond motifs is 1. The number of piperazine rings is 1. The molecule has 3 atom stereocenters. The molecule has 2 aliphatic heterocycles. The van der Waals surface area contributed by atoms with Gasteiger partial charge >= 0.3 is 0 Å². The van der Waals surface area contributed by atoms with Gasteiger partial charge in [0.15, 0.2) is 0 Å². The van der Waals surface area contributed by atoms with Gasteiger partial charge in [0, 0.05) is 49.2 Å². The minimum atomic E-state index is -0.181. The molecular formula is C27H33N5O2. The van der Waals surface area contributed by atoms with Crippen molar-refractivity contribution in [3.05, 3.63) is 65.5 Å². The van der Waals surface area contributed by atoms with Crippen molar-refractivity contribution in [3.63, 3.8) is 0 Å². The van der Waals surface area contributed by atoms with Crippen molar-refractivity contribution < 1.29 is 9.53 Å². The van der Waals surface area contributed by atoms with E-state index in [0.717, 1.165) is 58.9 Å². The fourth-order valence-corrected chi connectivity index (χ4v) is 5.12. The van der Waals surface area contributed by atoms with Crippen LogP contribution in [0.15, 0.2) is 48.8 Å². The van der Waals surface area contributed by atoms with Crippen molar-refractivity contribution in [2.24, 2.45) is 7.05 Å². The lowest BCUT2D eigenvalue weighted by atomic mass is 9.84. The third-order valence-corrected chi connectivity index (χ3v) is 7.37. The summed E-state index contributed by atoms with van der Waals surface area (Å²) < 4.78 is 7.31. The highest BCUT2D eigenvalue weighted by Crippen LogP contribution is 2.37. The van der Waals surface area contributed by atoms with E-state index < -0.39 is 0 Å². The average Bonchev–Trinajstić information content (AvgIpc) is 3.26. The van der Waals surface area contributed by atoms with E-state index in [1.807, 2.05) is 45.4 Å². The first kappa shape index (κ1) is 22.5. The minimum absolute atomic E-state index is 0.0570. The lowest BCUT2D eigenvalue weighted by Crippen LogP contribution is -2.78. The Balaban J connectivity index is 1.34. The standard InChI is InChI=1S/C27H33N5O2/c1-6-31-15-26-25(31)16-32(26)22-8-7-17(2)24(12-22)27(33)29-18(3)19-9-20(11-23(10-19)34-5)21-13-28-30(4)14-21/h7-14,18,25-26H,6,15-16H2,1-5H3,(H,29,33)/t18-,25+,26?/m1/s1. The summed E-state index contributed by atoms with van der Waals surface area (Å²) in [6.45, 7) is 9.49. The lowest BCUT2D eigenvalue weighted by molar-refractivity contribution is 0.0164. The number of hydrogen-bond donors (Lipinski definition) is 1. The summed E-state index contributed by atoms with van der Waals surface area (Å²) in [6, 6.07) is 13.4. The fraction of sp³-hybridized carbons (Fsp3) is 0.407. The molecule has 178 valence electrons. The first-order valence-corrected chi connectivity index (χ1v) is 12.0. The Morgan fingerprint density at radius 2 is 2.00 bits per heavy atom. The quantitative estimate of drug-likeness (QED) is 0.583. The molecule has 3 heterocycles. The minimum Gasteiger partial charge on any atom is -0.497 e. The molecule has 2 aromatic carbocycles. The number of likely N-dealkylation sites (N-methyl/N-ethyl adjacent to an activating group) is 1. The van der Waals surface area contributed by atoms with Crippen LogP contribution in [0.4, 0.5) is 5.69 Å². The SMILES string of the molecule is CCN1CC2[C@@H]1CN2c1ccc(C)c(C(=O)N[C@H](C)c2cc(OC)cc(-c3cnn(C)c3)c2)c1. The third kappa shape index (κ3) is 3.94. The van der Waals surface area contributed by atoms with Gasteiger partial charge in [-0.15, -0.1) is 0 Å². The van der Waals surface area contributed by atoms with E-state index in [1.54, 1.807) is 11.8 Å². The second-order valence-electron chi connectivity index (χ2n) is 9.47. The highest BCUT2D eigenvalue weighted by Gasteiger charge is 2.50. The van der Waals surface area contributed by atoms with Gasteiger partial charge in [-0.3, -0.25) is 14.4 Å². The highest BCUT2D eigenvalue weighted by atomic mass is 16.5. The molecule has 1 N–H and O–H groups in total. The Bertz CT molecular complexity index is 1220.